The monoisotopic (exact) mass is 401 g/mol. The Hall–Kier alpha value is -3.22. The van der Waals surface area contributed by atoms with E-state index in [4.69, 9.17) is 18.9 Å². The number of esters is 1. The molecule has 0 fully saturated rings. The molecule has 0 saturated carbocycles. The molecule has 1 unspecified atom stereocenters. The van der Waals surface area contributed by atoms with Crippen LogP contribution in [0.4, 0.5) is 5.69 Å². The number of carbonyl (C=O) groups excluding carboxylic acids is 2. The van der Waals surface area contributed by atoms with Crippen molar-refractivity contribution in [3.63, 3.8) is 0 Å². The largest absolute Gasteiger partial charge is 0.493 e. The lowest BCUT2D eigenvalue weighted by atomic mass is 10.1. The number of benzene rings is 2. The van der Waals surface area contributed by atoms with Crippen LogP contribution in [0.5, 0.6) is 17.2 Å². The predicted molar refractivity (Wildman–Crippen MR) is 110 cm³/mol. The fraction of sp³-hybridized carbons (Fsp3) is 0.364. The van der Waals surface area contributed by atoms with E-state index in [1.165, 1.54) is 33.5 Å². The maximum absolute atomic E-state index is 12.9. The van der Waals surface area contributed by atoms with Crippen molar-refractivity contribution in [2.24, 2.45) is 0 Å². The number of amides is 1. The van der Waals surface area contributed by atoms with Crippen LogP contribution in [0.3, 0.4) is 0 Å². The molecule has 29 heavy (non-hydrogen) atoms. The molecule has 0 aliphatic heterocycles. The van der Waals surface area contributed by atoms with Crippen LogP contribution in [0.2, 0.25) is 0 Å². The van der Waals surface area contributed by atoms with Crippen LogP contribution in [0, 0.1) is 13.8 Å². The summed E-state index contributed by atoms with van der Waals surface area (Å²) >= 11 is 0. The van der Waals surface area contributed by atoms with E-state index >= 15 is 0 Å². The molecule has 0 heterocycles. The molecule has 1 N–H and O–H groups in total. The van der Waals surface area contributed by atoms with Gasteiger partial charge in [-0.3, -0.25) is 4.79 Å². The van der Waals surface area contributed by atoms with Crippen molar-refractivity contribution in [1.82, 2.24) is 0 Å². The molecule has 1 atom stereocenters. The Morgan fingerprint density at radius 1 is 0.931 bits per heavy atom. The van der Waals surface area contributed by atoms with Gasteiger partial charge >= 0.3 is 5.97 Å². The summed E-state index contributed by atoms with van der Waals surface area (Å²) in [6, 6.07) is 8.76. The zero-order valence-corrected chi connectivity index (χ0v) is 17.6. The van der Waals surface area contributed by atoms with Crippen LogP contribution in [0.25, 0.3) is 0 Å². The molecule has 0 bridgehead atoms. The Morgan fingerprint density at radius 3 is 2.03 bits per heavy atom. The van der Waals surface area contributed by atoms with Gasteiger partial charge in [-0.25, -0.2) is 4.79 Å². The fourth-order valence-electron chi connectivity index (χ4n) is 2.96. The van der Waals surface area contributed by atoms with E-state index in [1.807, 2.05) is 39.0 Å². The molecular formula is C22H27NO6. The molecule has 0 radical (unpaired) electrons. The Labute approximate surface area is 170 Å². The van der Waals surface area contributed by atoms with Crippen molar-refractivity contribution >= 4 is 17.6 Å². The Kier molecular flexibility index (Phi) is 7.47. The number of hydrogen-bond donors (Lipinski definition) is 1. The molecule has 7 nitrogen and oxygen atoms in total. The number of anilines is 1. The van der Waals surface area contributed by atoms with Gasteiger partial charge in [-0.15, -0.1) is 0 Å². The average Bonchev–Trinajstić information content (AvgIpc) is 2.70. The van der Waals surface area contributed by atoms with Gasteiger partial charge < -0.3 is 24.3 Å². The lowest BCUT2D eigenvalue weighted by Crippen LogP contribution is -2.33. The maximum Gasteiger partial charge on any atom is 0.340 e. The minimum atomic E-state index is -0.741. The van der Waals surface area contributed by atoms with E-state index in [9.17, 15) is 9.59 Å². The van der Waals surface area contributed by atoms with Crippen molar-refractivity contribution in [3.05, 3.63) is 47.0 Å². The summed E-state index contributed by atoms with van der Waals surface area (Å²) in [5, 5.41) is 2.75. The molecule has 1 amide bonds. The molecule has 0 aliphatic rings. The molecule has 0 saturated heterocycles. The van der Waals surface area contributed by atoms with Gasteiger partial charge in [0.25, 0.3) is 5.91 Å². The van der Waals surface area contributed by atoms with E-state index in [1.54, 1.807) is 0 Å². The average molecular weight is 401 g/mol. The Balaban J connectivity index is 2.32. The number of hydrogen-bond acceptors (Lipinski definition) is 6. The summed E-state index contributed by atoms with van der Waals surface area (Å²) in [4.78, 5) is 25.1. The second kappa shape index (κ2) is 9.82. The van der Waals surface area contributed by atoms with E-state index in [-0.39, 0.29) is 17.2 Å². The van der Waals surface area contributed by atoms with Crippen LogP contribution >= 0.6 is 0 Å². The normalized spacial score (nSPS) is 11.4. The third kappa shape index (κ3) is 5.40. The van der Waals surface area contributed by atoms with Gasteiger partial charge in [-0.2, -0.15) is 0 Å². The number of aryl methyl sites for hydroxylation is 2. The molecule has 0 spiro atoms. The highest BCUT2D eigenvalue weighted by Crippen LogP contribution is 2.34. The first-order valence-corrected chi connectivity index (χ1v) is 9.23. The topological polar surface area (TPSA) is 83.1 Å². The third-order valence-electron chi connectivity index (χ3n) is 4.32. The van der Waals surface area contributed by atoms with Gasteiger partial charge in [0.05, 0.1) is 32.6 Å². The lowest BCUT2D eigenvalue weighted by Gasteiger charge is -2.20. The summed E-state index contributed by atoms with van der Waals surface area (Å²) in [7, 11) is 4.20. The minimum absolute atomic E-state index is 0.153. The van der Waals surface area contributed by atoms with Gasteiger partial charge in [0, 0.05) is 12.1 Å². The van der Waals surface area contributed by atoms with Gasteiger partial charge in [0.2, 0.25) is 0 Å². The SMILES string of the molecule is CCC(Oc1cc(C)cc(C)c1)C(=O)Nc1cc(OC)c(OC)cc1C(=O)OC. The minimum Gasteiger partial charge on any atom is -0.493 e. The van der Waals surface area contributed by atoms with Crippen LogP contribution in [-0.2, 0) is 9.53 Å². The molecule has 156 valence electrons. The maximum atomic E-state index is 12.9. The Bertz CT molecular complexity index is 873. The van der Waals surface area contributed by atoms with Crippen LogP contribution in [0.15, 0.2) is 30.3 Å². The lowest BCUT2D eigenvalue weighted by molar-refractivity contribution is -0.122. The van der Waals surface area contributed by atoms with Gasteiger partial charge in [0.15, 0.2) is 17.6 Å². The van der Waals surface area contributed by atoms with Gasteiger partial charge in [-0.1, -0.05) is 13.0 Å². The highest BCUT2D eigenvalue weighted by atomic mass is 16.5. The summed E-state index contributed by atoms with van der Waals surface area (Å²) < 4.78 is 21.2. The zero-order chi connectivity index (χ0) is 21.6. The van der Waals surface area contributed by atoms with Crippen LogP contribution in [-0.4, -0.2) is 39.3 Å². The number of ether oxygens (including phenoxy) is 4. The van der Waals surface area contributed by atoms with Gasteiger partial charge in [-0.05, 0) is 43.5 Å². The van der Waals surface area contributed by atoms with Crippen LogP contribution < -0.4 is 19.5 Å². The first kappa shape index (κ1) is 22.1. The molecule has 7 heteroatoms. The fourth-order valence-corrected chi connectivity index (χ4v) is 2.96. The van der Waals surface area contributed by atoms with Crippen molar-refractivity contribution < 1.29 is 28.5 Å². The quantitative estimate of drug-likeness (QED) is 0.676. The standard InChI is InChI=1S/C22H27NO6/c1-7-18(29-15-9-13(2)8-14(3)10-15)21(24)23-17-12-20(27-5)19(26-4)11-16(17)22(25)28-6/h8-12,18H,7H2,1-6H3,(H,23,24). The first-order chi connectivity index (χ1) is 13.8. The third-order valence-corrected chi connectivity index (χ3v) is 4.32. The number of methoxy groups -OCH3 is 3. The highest BCUT2D eigenvalue weighted by Gasteiger charge is 2.23. The highest BCUT2D eigenvalue weighted by molar-refractivity contribution is 6.03. The van der Waals surface area contributed by atoms with Crippen molar-refractivity contribution in [3.8, 4) is 17.2 Å². The summed E-state index contributed by atoms with van der Waals surface area (Å²) in [6.07, 6.45) is -0.297. The van der Waals surface area contributed by atoms with E-state index in [0.29, 0.717) is 23.7 Å². The second-order valence-corrected chi connectivity index (χ2v) is 6.57. The van der Waals surface area contributed by atoms with Gasteiger partial charge in [0.1, 0.15) is 5.75 Å². The molecule has 2 aromatic rings. The molecular weight excluding hydrogens is 374 g/mol. The number of nitrogens with one attached hydrogen (secondary N) is 1. The van der Waals surface area contributed by atoms with Crippen molar-refractivity contribution in [2.75, 3.05) is 26.6 Å². The Morgan fingerprint density at radius 2 is 1.52 bits per heavy atom. The molecule has 2 rings (SSSR count). The zero-order valence-electron chi connectivity index (χ0n) is 17.6. The van der Waals surface area contributed by atoms with E-state index in [2.05, 4.69) is 5.32 Å². The smallest absolute Gasteiger partial charge is 0.340 e. The predicted octanol–water partition coefficient (Wildman–Crippen LogP) is 3.90. The molecule has 0 aromatic heterocycles. The van der Waals surface area contributed by atoms with E-state index in [0.717, 1.165) is 11.1 Å². The van der Waals surface area contributed by atoms with E-state index < -0.39 is 12.1 Å². The number of carbonyl (C=O) groups is 2. The number of rotatable bonds is 8. The van der Waals surface area contributed by atoms with Crippen molar-refractivity contribution in [1.29, 1.82) is 0 Å². The summed E-state index contributed by atoms with van der Waals surface area (Å²) in [5.41, 5.74) is 2.49. The molecule has 2 aromatic carbocycles. The van der Waals surface area contributed by atoms with Crippen LogP contribution in [0.1, 0.15) is 34.8 Å². The molecule has 0 aliphatic carbocycles. The van der Waals surface area contributed by atoms with Crippen molar-refractivity contribution in [2.45, 2.75) is 33.3 Å². The summed E-state index contributed by atoms with van der Waals surface area (Å²) in [6.45, 7) is 5.78. The first-order valence-electron chi connectivity index (χ1n) is 9.23. The second-order valence-electron chi connectivity index (χ2n) is 6.57. The summed E-state index contributed by atoms with van der Waals surface area (Å²) in [5.74, 6) is 0.349.